The van der Waals surface area contributed by atoms with Crippen molar-refractivity contribution in [2.45, 2.75) is 33.6 Å². The first-order valence-corrected chi connectivity index (χ1v) is 6.20. The number of hydrogen-bond donors (Lipinski definition) is 2. The smallest absolute Gasteiger partial charge is 0.127 e. The Bertz CT molecular complexity index is 435. The standard InChI is InChI=1S/C14H21N3O/c1-11-7-12(9-15)8-13(17-11)16-10-14(2,3)5-4-6-18/h7-8,18H,4-6,10H2,1-3H3,(H,16,17). The van der Waals surface area contributed by atoms with Gasteiger partial charge in [0.2, 0.25) is 0 Å². The predicted octanol–water partition coefficient (Wildman–Crippen LogP) is 2.47. The number of anilines is 1. The fraction of sp³-hybridized carbons (Fsp3) is 0.571. The summed E-state index contributed by atoms with van der Waals surface area (Å²) in [4.78, 5) is 4.35. The maximum Gasteiger partial charge on any atom is 0.127 e. The zero-order valence-electron chi connectivity index (χ0n) is 11.3. The predicted molar refractivity (Wildman–Crippen MR) is 72.3 cm³/mol. The van der Waals surface area contributed by atoms with Crippen molar-refractivity contribution in [1.82, 2.24) is 4.98 Å². The molecule has 0 aliphatic heterocycles. The van der Waals surface area contributed by atoms with Crippen molar-refractivity contribution in [3.8, 4) is 6.07 Å². The van der Waals surface area contributed by atoms with Gasteiger partial charge in [0, 0.05) is 18.8 Å². The molecule has 0 amide bonds. The minimum atomic E-state index is 0.0982. The highest BCUT2D eigenvalue weighted by Crippen LogP contribution is 2.22. The molecule has 0 saturated heterocycles. The second-order valence-corrected chi connectivity index (χ2v) is 5.34. The largest absolute Gasteiger partial charge is 0.396 e. The second-order valence-electron chi connectivity index (χ2n) is 5.34. The number of aromatic nitrogens is 1. The molecule has 1 aromatic rings. The van der Waals surface area contributed by atoms with Gasteiger partial charge in [0.15, 0.2) is 0 Å². The molecule has 98 valence electrons. The van der Waals surface area contributed by atoms with Crippen LogP contribution in [0.25, 0.3) is 0 Å². The lowest BCUT2D eigenvalue weighted by Gasteiger charge is -2.25. The summed E-state index contributed by atoms with van der Waals surface area (Å²) in [6.07, 6.45) is 1.76. The third-order valence-corrected chi connectivity index (χ3v) is 2.84. The first-order chi connectivity index (χ1) is 8.46. The van der Waals surface area contributed by atoms with E-state index in [1.54, 1.807) is 12.1 Å². The van der Waals surface area contributed by atoms with Crippen LogP contribution < -0.4 is 5.32 Å². The maximum atomic E-state index is 8.90. The molecule has 0 saturated carbocycles. The van der Waals surface area contributed by atoms with E-state index in [4.69, 9.17) is 10.4 Å². The van der Waals surface area contributed by atoms with E-state index >= 15 is 0 Å². The third-order valence-electron chi connectivity index (χ3n) is 2.84. The van der Waals surface area contributed by atoms with E-state index in [1.165, 1.54) is 0 Å². The molecule has 0 aliphatic carbocycles. The molecule has 1 aromatic heterocycles. The Kier molecular flexibility index (Phi) is 5.11. The Morgan fingerprint density at radius 1 is 1.44 bits per heavy atom. The highest BCUT2D eigenvalue weighted by molar-refractivity contribution is 5.44. The Labute approximate surface area is 109 Å². The van der Waals surface area contributed by atoms with Crippen LogP contribution in [0.2, 0.25) is 0 Å². The lowest BCUT2D eigenvalue weighted by Crippen LogP contribution is -2.24. The van der Waals surface area contributed by atoms with Crippen molar-refractivity contribution in [3.63, 3.8) is 0 Å². The molecule has 0 aliphatic rings. The number of nitrogens with one attached hydrogen (secondary N) is 1. The van der Waals surface area contributed by atoms with Gasteiger partial charge in [-0.15, -0.1) is 0 Å². The van der Waals surface area contributed by atoms with Gasteiger partial charge in [0.1, 0.15) is 5.82 Å². The Morgan fingerprint density at radius 3 is 2.78 bits per heavy atom. The van der Waals surface area contributed by atoms with Crippen LogP contribution in [0.5, 0.6) is 0 Å². The quantitative estimate of drug-likeness (QED) is 0.810. The Hall–Kier alpha value is -1.60. The highest BCUT2D eigenvalue weighted by atomic mass is 16.2. The van der Waals surface area contributed by atoms with Gasteiger partial charge >= 0.3 is 0 Å². The number of aryl methyl sites for hydroxylation is 1. The Morgan fingerprint density at radius 2 is 2.17 bits per heavy atom. The van der Waals surface area contributed by atoms with Gasteiger partial charge < -0.3 is 10.4 Å². The monoisotopic (exact) mass is 247 g/mol. The van der Waals surface area contributed by atoms with E-state index in [1.807, 2.05) is 6.92 Å². The van der Waals surface area contributed by atoms with Crippen LogP contribution in [0.4, 0.5) is 5.82 Å². The van der Waals surface area contributed by atoms with Gasteiger partial charge in [-0.25, -0.2) is 4.98 Å². The van der Waals surface area contributed by atoms with Gasteiger partial charge in [-0.2, -0.15) is 5.26 Å². The van der Waals surface area contributed by atoms with Crippen molar-refractivity contribution in [2.75, 3.05) is 18.5 Å². The highest BCUT2D eigenvalue weighted by Gasteiger charge is 2.17. The molecule has 0 spiro atoms. The van der Waals surface area contributed by atoms with Gasteiger partial charge in [0.25, 0.3) is 0 Å². The number of nitrogens with zero attached hydrogens (tertiary/aromatic N) is 2. The summed E-state index contributed by atoms with van der Waals surface area (Å²) in [5.74, 6) is 0.739. The summed E-state index contributed by atoms with van der Waals surface area (Å²) in [6, 6.07) is 5.65. The summed E-state index contributed by atoms with van der Waals surface area (Å²) in [6.45, 7) is 7.18. The summed E-state index contributed by atoms with van der Waals surface area (Å²) in [5.41, 5.74) is 1.56. The molecular formula is C14H21N3O. The van der Waals surface area contributed by atoms with E-state index in [2.05, 4.69) is 30.2 Å². The normalized spacial score (nSPS) is 11.1. The average molecular weight is 247 g/mol. The van der Waals surface area contributed by atoms with Crippen LogP contribution in [0.15, 0.2) is 12.1 Å². The van der Waals surface area contributed by atoms with E-state index < -0.39 is 0 Å². The fourth-order valence-corrected chi connectivity index (χ4v) is 1.80. The first kappa shape index (κ1) is 14.5. The lowest BCUT2D eigenvalue weighted by atomic mass is 9.88. The van der Waals surface area contributed by atoms with E-state index in [-0.39, 0.29) is 12.0 Å². The molecule has 0 unspecified atom stereocenters. The molecule has 4 heteroatoms. The van der Waals surface area contributed by atoms with Crippen LogP contribution in [0.3, 0.4) is 0 Å². The molecule has 4 nitrogen and oxygen atoms in total. The minimum absolute atomic E-state index is 0.0982. The number of rotatable bonds is 6. The summed E-state index contributed by atoms with van der Waals surface area (Å²) in [7, 11) is 0. The molecule has 0 atom stereocenters. The number of aliphatic hydroxyl groups is 1. The van der Waals surface area contributed by atoms with E-state index in [0.717, 1.165) is 30.9 Å². The fourth-order valence-electron chi connectivity index (χ4n) is 1.80. The van der Waals surface area contributed by atoms with Crippen molar-refractivity contribution >= 4 is 5.82 Å². The van der Waals surface area contributed by atoms with Gasteiger partial charge in [-0.1, -0.05) is 13.8 Å². The van der Waals surface area contributed by atoms with Crippen LogP contribution in [-0.4, -0.2) is 23.2 Å². The number of hydrogen-bond acceptors (Lipinski definition) is 4. The van der Waals surface area contributed by atoms with Crippen molar-refractivity contribution < 1.29 is 5.11 Å². The molecule has 0 aromatic carbocycles. The van der Waals surface area contributed by atoms with Crippen LogP contribution in [-0.2, 0) is 0 Å². The SMILES string of the molecule is Cc1cc(C#N)cc(NCC(C)(C)CCCO)n1. The van der Waals surface area contributed by atoms with Crippen molar-refractivity contribution in [2.24, 2.45) is 5.41 Å². The molecule has 0 radical (unpaired) electrons. The topological polar surface area (TPSA) is 68.9 Å². The molecular weight excluding hydrogens is 226 g/mol. The molecule has 0 bridgehead atoms. The lowest BCUT2D eigenvalue weighted by molar-refractivity contribution is 0.248. The average Bonchev–Trinajstić information content (AvgIpc) is 2.33. The van der Waals surface area contributed by atoms with Crippen LogP contribution in [0.1, 0.15) is 37.9 Å². The minimum Gasteiger partial charge on any atom is -0.396 e. The van der Waals surface area contributed by atoms with E-state index in [0.29, 0.717) is 5.56 Å². The second kappa shape index (κ2) is 6.36. The molecule has 18 heavy (non-hydrogen) atoms. The number of nitriles is 1. The summed E-state index contributed by atoms with van der Waals surface area (Å²) >= 11 is 0. The number of pyridine rings is 1. The van der Waals surface area contributed by atoms with Gasteiger partial charge in [0.05, 0.1) is 11.6 Å². The molecule has 1 heterocycles. The Balaban J connectivity index is 2.63. The maximum absolute atomic E-state index is 8.90. The van der Waals surface area contributed by atoms with E-state index in [9.17, 15) is 0 Å². The van der Waals surface area contributed by atoms with Gasteiger partial charge in [-0.3, -0.25) is 0 Å². The summed E-state index contributed by atoms with van der Waals surface area (Å²) < 4.78 is 0. The van der Waals surface area contributed by atoms with Gasteiger partial charge in [-0.05, 0) is 37.3 Å². The molecule has 0 fully saturated rings. The summed E-state index contributed by atoms with van der Waals surface area (Å²) in [5, 5.41) is 21.0. The van der Waals surface area contributed by atoms with Crippen molar-refractivity contribution in [1.29, 1.82) is 5.26 Å². The number of aliphatic hydroxyl groups excluding tert-OH is 1. The third kappa shape index (κ3) is 4.72. The van der Waals surface area contributed by atoms with Crippen LogP contribution in [0, 0.1) is 23.7 Å². The van der Waals surface area contributed by atoms with Crippen LogP contribution >= 0.6 is 0 Å². The first-order valence-electron chi connectivity index (χ1n) is 6.20. The zero-order chi connectivity index (χ0) is 13.6. The molecule has 1 rings (SSSR count). The van der Waals surface area contributed by atoms with Crippen molar-refractivity contribution in [3.05, 3.63) is 23.4 Å². The molecule has 2 N–H and O–H groups in total. The zero-order valence-corrected chi connectivity index (χ0v) is 11.3.